The van der Waals surface area contributed by atoms with E-state index < -0.39 is 0 Å². The Morgan fingerprint density at radius 3 is 2.22 bits per heavy atom. The first-order valence-electron chi connectivity index (χ1n) is 5.86. The van der Waals surface area contributed by atoms with Crippen LogP contribution in [0.1, 0.15) is 24.1 Å². The number of hydrogen-bond donors (Lipinski definition) is 1. The van der Waals surface area contributed by atoms with Crippen molar-refractivity contribution in [3.8, 4) is 11.5 Å². The van der Waals surface area contributed by atoms with E-state index >= 15 is 0 Å². The first-order valence-corrected chi connectivity index (χ1v) is 5.86. The van der Waals surface area contributed by atoms with Gasteiger partial charge in [-0.25, -0.2) is 4.39 Å². The molecule has 2 rings (SSSR count). The zero-order valence-corrected chi connectivity index (χ0v) is 10.5. The third-order valence-electron chi connectivity index (χ3n) is 2.77. The molecule has 3 heteroatoms. The Morgan fingerprint density at radius 1 is 1.06 bits per heavy atom. The summed E-state index contributed by atoms with van der Waals surface area (Å²) in [6, 6.07) is 12.3. The molecule has 2 aromatic rings. The van der Waals surface area contributed by atoms with E-state index in [1.807, 2.05) is 31.2 Å². The van der Waals surface area contributed by atoms with Crippen LogP contribution in [0.25, 0.3) is 0 Å². The minimum atomic E-state index is -0.227. The second-order valence-electron chi connectivity index (χ2n) is 4.37. The quantitative estimate of drug-likeness (QED) is 0.888. The van der Waals surface area contributed by atoms with Crippen LogP contribution in [0.4, 0.5) is 4.39 Å². The predicted octanol–water partition coefficient (Wildman–Crippen LogP) is 3.95. The van der Waals surface area contributed by atoms with Gasteiger partial charge in [-0.2, -0.15) is 0 Å². The molecule has 2 aromatic carbocycles. The van der Waals surface area contributed by atoms with Crippen LogP contribution in [0.3, 0.4) is 0 Å². The Kier molecular flexibility index (Phi) is 3.63. The Hall–Kier alpha value is -1.87. The monoisotopic (exact) mass is 245 g/mol. The maximum absolute atomic E-state index is 13.1. The van der Waals surface area contributed by atoms with Gasteiger partial charge in [0.2, 0.25) is 0 Å². The number of rotatable bonds is 3. The lowest BCUT2D eigenvalue weighted by Gasteiger charge is -2.09. The molecule has 0 bridgehead atoms. The first-order chi connectivity index (χ1) is 8.56. The molecule has 1 atom stereocenters. The van der Waals surface area contributed by atoms with Crippen molar-refractivity contribution in [3.63, 3.8) is 0 Å². The van der Waals surface area contributed by atoms with Gasteiger partial charge in [-0.3, -0.25) is 0 Å². The molecule has 0 aliphatic rings. The molecule has 0 aliphatic heterocycles. The van der Waals surface area contributed by atoms with Crippen molar-refractivity contribution in [1.82, 2.24) is 0 Å². The van der Waals surface area contributed by atoms with Gasteiger partial charge >= 0.3 is 0 Å². The Morgan fingerprint density at radius 2 is 1.67 bits per heavy atom. The predicted molar refractivity (Wildman–Crippen MR) is 70.3 cm³/mol. The smallest absolute Gasteiger partial charge is 0.127 e. The number of halogens is 1. The summed E-state index contributed by atoms with van der Waals surface area (Å²) in [5.74, 6) is 1.11. The third kappa shape index (κ3) is 2.87. The Labute approximate surface area is 106 Å². The fourth-order valence-corrected chi connectivity index (χ4v) is 1.66. The number of ether oxygens (including phenoxy) is 1. The van der Waals surface area contributed by atoms with Crippen LogP contribution in [0, 0.1) is 12.7 Å². The summed E-state index contributed by atoms with van der Waals surface area (Å²) in [6.45, 7) is 3.64. The maximum atomic E-state index is 13.1. The summed E-state index contributed by atoms with van der Waals surface area (Å²) in [4.78, 5) is 0. The maximum Gasteiger partial charge on any atom is 0.127 e. The van der Waals surface area contributed by atoms with Crippen LogP contribution >= 0.6 is 0 Å². The Bertz CT molecular complexity index is 535. The van der Waals surface area contributed by atoms with E-state index in [1.165, 1.54) is 6.07 Å². The van der Waals surface area contributed by atoms with E-state index in [1.54, 1.807) is 19.1 Å². The summed E-state index contributed by atoms with van der Waals surface area (Å²) >= 11 is 0. The Balaban J connectivity index is 2.15. The fraction of sp³-hybridized carbons (Fsp3) is 0.200. The van der Waals surface area contributed by atoms with Crippen LogP contribution in [0.5, 0.6) is 11.5 Å². The molecule has 2 N–H and O–H groups in total. The van der Waals surface area contributed by atoms with Crippen molar-refractivity contribution in [3.05, 3.63) is 59.4 Å². The van der Waals surface area contributed by atoms with Crippen LogP contribution < -0.4 is 10.5 Å². The van der Waals surface area contributed by atoms with Crippen molar-refractivity contribution in [2.24, 2.45) is 5.73 Å². The van der Waals surface area contributed by atoms with E-state index in [9.17, 15) is 4.39 Å². The molecule has 0 saturated carbocycles. The minimum Gasteiger partial charge on any atom is -0.457 e. The van der Waals surface area contributed by atoms with E-state index in [0.29, 0.717) is 17.1 Å². The van der Waals surface area contributed by atoms with Gasteiger partial charge in [-0.05, 0) is 55.3 Å². The summed E-state index contributed by atoms with van der Waals surface area (Å²) in [5, 5.41) is 0. The zero-order chi connectivity index (χ0) is 13.1. The lowest BCUT2D eigenvalue weighted by atomic mass is 10.1. The number of benzene rings is 2. The van der Waals surface area contributed by atoms with E-state index in [0.717, 1.165) is 5.56 Å². The normalized spacial score (nSPS) is 12.2. The number of aryl methyl sites for hydroxylation is 1. The largest absolute Gasteiger partial charge is 0.457 e. The second-order valence-corrected chi connectivity index (χ2v) is 4.37. The highest BCUT2D eigenvalue weighted by atomic mass is 19.1. The zero-order valence-electron chi connectivity index (χ0n) is 10.5. The summed E-state index contributed by atoms with van der Waals surface area (Å²) in [6.07, 6.45) is 0. The van der Waals surface area contributed by atoms with Crippen LogP contribution in [0.2, 0.25) is 0 Å². The van der Waals surface area contributed by atoms with Gasteiger partial charge in [0.1, 0.15) is 17.3 Å². The van der Waals surface area contributed by atoms with Gasteiger partial charge in [0, 0.05) is 6.04 Å². The van der Waals surface area contributed by atoms with E-state index in [-0.39, 0.29) is 11.9 Å². The average Bonchev–Trinajstić information content (AvgIpc) is 2.34. The molecule has 0 amide bonds. The van der Waals surface area contributed by atoms with Crippen molar-refractivity contribution in [1.29, 1.82) is 0 Å². The highest BCUT2D eigenvalue weighted by Gasteiger charge is 2.03. The van der Waals surface area contributed by atoms with Gasteiger partial charge in [0.05, 0.1) is 0 Å². The average molecular weight is 245 g/mol. The summed E-state index contributed by atoms with van der Waals surface area (Å²) in [7, 11) is 0. The number of nitrogens with two attached hydrogens (primary N) is 1. The molecule has 0 radical (unpaired) electrons. The fourth-order valence-electron chi connectivity index (χ4n) is 1.66. The molecule has 0 heterocycles. The highest BCUT2D eigenvalue weighted by Crippen LogP contribution is 2.24. The lowest BCUT2D eigenvalue weighted by Crippen LogP contribution is -2.04. The van der Waals surface area contributed by atoms with Crippen LogP contribution in [-0.4, -0.2) is 0 Å². The first kappa shape index (κ1) is 12.6. The molecule has 2 nitrogen and oxygen atoms in total. The standard InChI is InChI=1S/C15H16FNO/c1-10-9-14(7-8-15(10)16)18-13-5-3-12(4-6-13)11(2)17/h3-9,11H,17H2,1-2H3/t11-/m1/s1. The summed E-state index contributed by atoms with van der Waals surface area (Å²) < 4.78 is 18.8. The van der Waals surface area contributed by atoms with Gasteiger partial charge in [0.25, 0.3) is 0 Å². The van der Waals surface area contributed by atoms with Crippen molar-refractivity contribution in [2.45, 2.75) is 19.9 Å². The molecule has 0 unspecified atom stereocenters. The minimum absolute atomic E-state index is 0.00659. The molecule has 0 aromatic heterocycles. The SMILES string of the molecule is Cc1cc(Oc2ccc([C@@H](C)N)cc2)ccc1F. The number of hydrogen-bond acceptors (Lipinski definition) is 2. The van der Waals surface area contributed by atoms with E-state index in [2.05, 4.69) is 0 Å². The van der Waals surface area contributed by atoms with Gasteiger partial charge in [0.15, 0.2) is 0 Å². The van der Waals surface area contributed by atoms with Gasteiger partial charge in [-0.15, -0.1) is 0 Å². The molecule has 0 aliphatic carbocycles. The summed E-state index contributed by atoms with van der Waals surface area (Å²) in [5.41, 5.74) is 7.39. The topological polar surface area (TPSA) is 35.2 Å². The molecule has 94 valence electrons. The van der Waals surface area contributed by atoms with E-state index in [4.69, 9.17) is 10.5 Å². The highest BCUT2D eigenvalue weighted by molar-refractivity contribution is 5.35. The molecule has 18 heavy (non-hydrogen) atoms. The lowest BCUT2D eigenvalue weighted by molar-refractivity contribution is 0.479. The second kappa shape index (κ2) is 5.19. The van der Waals surface area contributed by atoms with Crippen molar-refractivity contribution >= 4 is 0 Å². The molecule has 0 spiro atoms. The van der Waals surface area contributed by atoms with Crippen molar-refractivity contribution < 1.29 is 9.13 Å². The molecule has 0 saturated heterocycles. The van der Waals surface area contributed by atoms with Gasteiger partial charge < -0.3 is 10.5 Å². The molecular formula is C15H16FNO. The third-order valence-corrected chi connectivity index (χ3v) is 2.77. The van der Waals surface area contributed by atoms with Crippen LogP contribution in [0.15, 0.2) is 42.5 Å². The van der Waals surface area contributed by atoms with Gasteiger partial charge in [-0.1, -0.05) is 12.1 Å². The molecule has 0 fully saturated rings. The van der Waals surface area contributed by atoms with Crippen LogP contribution in [-0.2, 0) is 0 Å². The molecular weight excluding hydrogens is 229 g/mol. The van der Waals surface area contributed by atoms with Crippen molar-refractivity contribution in [2.75, 3.05) is 0 Å².